The van der Waals surface area contributed by atoms with Crippen molar-refractivity contribution in [3.05, 3.63) is 33.1 Å². The van der Waals surface area contributed by atoms with Gasteiger partial charge in [-0.05, 0) is 55.7 Å². The average Bonchev–Trinajstić information content (AvgIpc) is 2.71. The molecule has 122 valence electrons. The molecule has 0 fully saturated rings. The summed E-state index contributed by atoms with van der Waals surface area (Å²) < 4.78 is 20.0. The van der Waals surface area contributed by atoms with Gasteiger partial charge in [-0.3, -0.25) is 4.57 Å². The van der Waals surface area contributed by atoms with Crippen LogP contribution in [0, 0.1) is 0 Å². The summed E-state index contributed by atoms with van der Waals surface area (Å²) in [4.78, 5) is 0. The third kappa shape index (κ3) is 4.64. The summed E-state index contributed by atoms with van der Waals surface area (Å²) in [5.74, 6) is 0.510. The lowest BCUT2D eigenvalue weighted by molar-refractivity contribution is 0.335. The van der Waals surface area contributed by atoms with E-state index in [1.807, 2.05) is 39.0 Å². The van der Waals surface area contributed by atoms with E-state index < -0.39 is 6.72 Å². The van der Waals surface area contributed by atoms with Crippen molar-refractivity contribution in [3.8, 4) is 0 Å². The maximum absolute atomic E-state index is 12.8. The van der Waals surface area contributed by atoms with Gasteiger partial charge in [-0.25, -0.2) is 5.09 Å². The summed E-state index contributed by atoms with van der Waals surface area (Å²) >= 11 is 15.2. The molecular formula is C14H18Cl2NO2PS2. The number of hydrogen-bond donors (Lipinski definition) is 1. The number of halogens is 2. The van der Waals surface area contributed by atoms with Crippen molar-refractivity contribution in [1.29, 1.82) is 0 Å². The van der Waals surface area contributed by atoms with Crippen LogP contribution >= 0.6 is 52.6 Å². The van der Waals surface area contributed by atoms with Crippen LogP contribution in [0.5, 0.6) is 0 Å². The molecule has 0 spiro atoms. The van der Waals surface area contributed by atoms with Gasteiger partial charge in [-0.1, -0.05) is 23.2 Å². The maximum atomic E-state index is 12.8. The highest BCUT2D eigenvalue weighted by atomic mass is 35.5. The highest BCUT2D eigenvalue weighted by Crippen LogP contribution is 2.58. The fraction of sp³-hybridized carbons (Fsp3) is 0.429. The summed E-state index contributed by atoms with van der Waals surface area (Å²) in [6.07, 6.45) is 0. The third-order valence-corrected chi connectivity index (χ3v) is 8.72. The Bertz CT molecular complexity index is 705. The predicted molar refractivity (Wildman–Crippen MR) is 101 cm³/mol. The molecule has 0 aliphatic carbocycles. The number of hydrogen-bond acceptors (Lipinski definition) is 4. The van der Waals surface area contributed by atoms with Crippen molar-refractivity contribution in [2.75, 3.05) is 6.61 Å². The van der Waals surface area contributed by atoms with Gasteiger partial charge in [0, 0.05) is 27.1 Å². The van der Waals surface area contributed by atoms with Crippen molar-refractivity contribution >= 4 is 62.7 Å². The minimum atomic E-state index is -2.95. The minimum Gasteiger partial charge on any atom is -0.310 e. The fourth-order valence-electron chi connectivity index (χ4n) is 1.97. The Morgan fingerprint density at radius 2 is 2.14 bits per heavy atom. The van der Waals surface area contributed by atoms with Crippen LogP contribution in [-0.2, 0) is 14.8 Å². The van der Waals surface area contributed by atoms with Gasteiger partial charge in [-0.15, -0.1) is 11.3 Å². The molecule has 0 aliphatic rings. The highest BCUT2D eigenvalue weighted by Gasteiger charge is 2.25. The molecule has 1 aromatic heterocycles. The second kappa shape index (κ2) is 7.89. The van der Waals surface area contributed by atoms with Crippen LogP contribution in [-0.4, -0.2) is 12.6 Å². The lowest BCUT2D eigenvalue weighted by Crippen LogP contribution is -2.19. The predicted octanol–water partition coefficient (Wildman–Crippen LogP) is 6.58. The number of nitrogens with one attached hydrogen (secondary N) is 1. The molecule has 0 amide bonds. The van der Waals surface area contributed by atoms with E-state index in [1.54, 1.807) is 0 Å². The molecule has 1 aromatic carbocycles. The molecule has 1 heterocycles. The van der Waals surface area contributed by atoms with Gasteiger partial charge in [0.1, 0.15) is 0 Å². The molecule has 0 saturated carbocycles. The molecule has 2 aromatic rings. The molecule has 2 rings (SSSR count). The molecule has 0 bridgehead atoms. The standard InChI is InChI=1S/C14H18Cl2NO2PS2/c1-4-19-20(18,17-9(2)3)21-8-12-11-7-10(15)5-6-13(11)22-14(12)16/h5-7,9H,4,8H2,1-3H3,(H,17,18)/t20-/m0/s1. The topological polar surface area (TPSA) is 38.3 Å². The first-order valence-corrected chi connectivity index (χ1v) is 11.7. The summed E-state index contributed by atoms with van der Waals surface area (Å²) in [6, 6.07) is 5.78. The van der Waals surface area contributed by atoms with E-state index in [2.05, 4.69) is 5.09 Å². The van der Waals surface area contributed by atoms with E-state index >= 15 is 0 Å². The first-order chi connectivity index (χ1) is 10.3. The Balaban J connectivity index is 2.24. The van der Waals surface area contributed by atoms with Crippen molar-refractivity contribution in [1.82, 2.24) is 5.09 Å². The SMILES string of the molecule is CCO[P@@](=O)(NC(C)C)SCc1c(Cl)sc2ccc(Cl)cc12. The number of benzene rings is 1. The van der Waals surface area contributed by atoms with E-state index in [9.17, 15) is 4.57 Å². The Morgan fingerprint density at radius 3 is 2.77 bits per heavy atom. The van der Waals surface area contributed by atoms with Crippen LogP contribution in [0.1, 0.15) is 26.3 Å². The van der Waals surface area contributed by atoms with Crippen LogP contribution in [0.3, 0.4) is 0 Å². The van der Waals surface area contributed by atoms with Crippen LogP contribution in [0.4, 0.5) is 0 Å². The first kappa shape index (κ1) is 18.6. The van der Waals surface area contributed by atoms with Crippen LogP contribution in [0.15, 0.2) is 18.2 Å². The van der Waals surface area contributed by atoms with Gasteiger partial charge in [0.2, 0.25) is 0 Å². The molecule has 0 radical (unpaired) electrons. The van der Waals surface area contributed by atoms with Gasteiger partial charge in [0.15, 0.2) is 0 Å². The Hall–Kier alpha value is 0.260. The van der Waals surface area contributed by atoms with Crippen LogP contribution in [0.2, 0.25) is 9.36 Å². The highest BCUT2D eigenvalue weighted by molar-refractivity contribution is 8.55. The van der Waals surface area contributed by atoms with Gasteiger partial charge >= 0.3 is 6.72 Å². The molecule has 0 unspecified atom stereocenters. The molecule has 0 aliphatic heterocycles. The molecule has 1 atom stereocenters. The number of rotatable bonds is 7. The molecular weight excluding hydrogens is 380 g/mol. The number of fused-ring (bicyclic) bond motifs is 1. The summed E-state index contributed by atoms with van der Waals surface area (Å²) in [5, 5.41) is 4.71. The third-order valence-electron chi connectivity index (χ3n) is 2.80. The quantitative estimate of drug-likeness (QED) is 0.535. The average molecular weight is 398 g/mol. The van der Waals surface area contributed by atoms with E-state index in [-0.39, 0.29) is 6.04 Å². The summed E-state index contributed by atoms with van der Waals surface area (Å²) in [6.45, 7) is 3.17. The zero-order valence-electron chi connectivity index (χ0n) is 12.6. The van der Waals surface area contributed by atoms with Crippen molar-refractivity contribution in [2.24, 2.45) is 0 Å². The van der Waals surface area contributed by atoms with E-state index in [0.29, 0.717) is 21.7 Å². The molecule has 3 nitrogen and oxygen atoms in total. The second-order valence-corrected chi connectivity index (χ2v) is 11.3. The number of thiophene rings is 1. The molecule has 1 N–H and O–H groups in total. The Kier molecular flexibility index (Phi) is 6.67. The monoisotopic (exact) mass is 397 g/mol. The summed E-state index contributed by atoms with van der Waals surface area (Å²) in [5.41, 5.74) is 0.958. The normalized spacial score (nSPS) is 14.6. The van der Waals surface area contributed by atoms with Crippen LogP contribution < -0.4 is 5.09 Å². The van der Waals surface area contributed by atoms with E-state index in [1.165, 1.54) is 22.7 Å². The van der Waals surface area contributed by atoms with E-state index in [4.69, 9.17) is 27.7 Å². The zero-order chi connectivity index (χ0) is 16.3. The van der Waals surface area contributed by atoms with Gasteiger partial charge in [-0.2, -0.15) is 0 Å². The van der Waals surface area contributed by atoms with Crippen molar-refractivity contribution in [2.45, 2.75) is 32.6 Å². The molecule has 0 saturated heterocycles. The lowest BCUT2D eigenvalue weighted by atomic mass is 10.2. The molecule has 22 heavy (non-hydrogen) atoms. The summed E-state index contributed by atoms with van der Waals surface area (Å²) in [7, 11) is 0. The first-order valence-electron chi connectivity index (χ1n) is 6.88. The minimum absolute atomic E-state index is 0.0778. The Morgan fingerprint density at radius 1 is 1.41 bits per heavy atom. The fourth-order valence-corrected chi connectivity index (χ4v) is 7.75. The maximum Gasteiger partial charge on any atom is 0.327 e. The van der Waals surface area contributed by atoms with Crippen LogP contribution in [0.25, 0.3) is 10.1 Å². The second-order valence-electron chi connectivity index (χ2n) is 4.97. The Labute approximate surface area is 149 Å². The van der Waals surface area contributed by atoms with E-state index in [0.717, 1.165) is 15.6 Å². The smallest absolute Gasteiger partial charge is 0.310 e. The molecule has 8 heteroatoms. The van der Waals surface area contributed by atoms with Gasteiger partial charge in [0.05, 0.1) is 10.9 Å². The zero-order valence-corrected chi connectivity index (χ0v) is 16.6. The van der Waals surface area contributed by atoms with Crippen molar-refractivity contribution in [3.63, 3.8) is 0 Å². The van der Waals surface area contributed by atoms with Gasteiger partial charge < -0.3 is 4.52 Å². The lowest BCUT2D eigenvalue weighted by Gasteiger charge is -2.20. The van der Waals surface area contributed by atoms with Crippen molar-refractivity contribution < 1.29 is 9.09 Å². The largest absolute Gasteiger partial charge is 0.327 e. The van der Waals surface area contributed by atoms with Gasteiger partial charge in [0.25, 0.3) is 0 Å².